The monoisotopic (exact) mass is 209 g/mol. The summed E-state index contributed by atoms with van der Waals surface area (Å²) in [5.41, 5.74) is 5.85. The lowest BCUT2D eigenvalue weighted by molar-refractivity contribution is 0.345. The Morgan fingerprint density at radius 1 is 1.53 bits per heavy atom. The van der Waals surface area contributed by atoms with Gasteiger partial charge in [-0.25, -0.2) is 0 Å². The van der Waals surface area contributed by atoms with E-state index >= 15 is 0 Å². The van der Waals surface area contributed by atoms with Crippen molar-refractivity contribution in [2.45, 2.75) is 44.9 Å². The number of rotatable bonds is 5. The molecule has 2 N–H and O–H groups in total. The molecule has 1 aliphatic rings. The van der Waals surface area contributed by atoms with Crippen LogP contribution in [0.4, 0.5) is 0 Å². The first-order valence-corrected chi connectivity index (χ1v) is 5.71. The summed E-state index contributed by atoms with van der Waals surface area (Å²) in [6.45, 7) is 5.00. The molecule has 15 heavy (non-hydrogen) atoms. The van der Waals surface area contributed by atoms with Crippen molar-refractivity contribution >= 4 is 0 Å². The van der Waals surface area contributed by atoms with Gasteiger partial charge >= 0.3 is 0 Å². The lowest BCUT2D eigenvalue weighted by Crippen LogP contribution is -2.16. The van der Waals surface area contributed by atoms with E-state index in [2.05, 4.69) is 24.0 Å². The van der Waals surface area contributed by atoms with E-state index in [0.29, 0.717) is 12.5 Å². The summed E-state index contributed by atoms with van der Waals surface area (Å²) in [7, 11) is 0. The Morgan fingerprint density at radius 2 is 2.27 bits per heavy atom. The molecular formula is C11H19N3O. The predicted octanol–water partition coefficient (Wildman–Crippen LogP) is 1.65. The lowest BCUT2D eigenvalue weighted by Gasteiger charge is -2.07. The summed E-state index contributed by atoms with van der Waals surface area (Å²) in [5, 5.41) is 4.04. The van der Waals surface area contributed by atoms with Crippen molar-refractivity contribution in [3.05, 3.63) is 11.7 Å². The maximum Gasteiger partial charge on any atom is 0.226 e. The highest BCUT2D eigenvalue weighted by Gasteiger charge is 2.43. The van der Waals surface area contributed by atoms with E-state index in [4.69, 9.17) is 10.3 Å². The maximum absolute atomic E-state index is 5.65. The number of aromatic nitrogens is 2. The van der Waals surface area contributed by atoms with Gasteiger partial charge in [0.25, 0.3) is 0 Å². The molecule has 0 saturated heterocycles. The Hall–Kier alpha value is -0.900. The van der Waals surface area contributed by atoms with Gasteiger partial charge in [-0.05, 0) is 25.3 Å². The zero-order valence-corrected chi connectivity index (χ0v) is 9.49. The van der Waals surface area contributed by atoms with E-state index in [1.54, 1.807) is 0 Å². The van der Waals surface area contributed by atoms with E-state index in [1.165, 1.54) is 12.8 Å². The normalized spacial score (nSPS) is 20.2. The molecule has 4 heteroatoms. The minimum Gasteiger partial charge on any atom is -0.339 e. The van der Waals surface area contributed by atoms with Gasteiger partial charge in [0, 0.05) is 11.8 Å². The summed E-state index contributed by atoms with van der Waals surface area (Å²) >= 11 is 0. The first-order chi connectivity index (χ1) is 7.18. The van der Waals surface area contributed by atoms with Crippen LogP contribution in [0.25, 0.3) is 0 Å². The largest absolute Gasteiger partial charge is 0.339 e. The zero-order chi connectivity index (χ0) is 10.9. The van der Waals surface area contributed by atoms with Crippen LogP contribution in [0.5, 0.6) is 0 Å². The molecule has 0 spiro atoms. The third kappa shape index (κ3) is 2.20. The Kier molecular flexibility index (Phi) is 2.78. The van der Waals surface area contributed by atoms with Crippen LogP contribution in [-0.2, 0) is 11.8 Å². The molecule has 0 aliphatic heterocycles. The van der Waals surface area contributed by atoms with E-state index in [0.717, 1.165) is 24.6 Å². The zero-order valence-electron chi connectivity index (χ0n) is 9.49. The smallest absolute Gasteiger partial charge is 0.226 e. The van der Waals surface area contributed by atoms with E-state index in [-0.39, 0.29) is 5.41 Å². The van der Waals surface area contributed by atoms with Crippen molar-refractivity contribution < 1.29 is 4.52 Å². The minimum atomic E-state index is 0.201. The number of nitrogens with zero attached hydrogens (tertiary/aromatic N) is 2. The fourth-order valence-corrected chi connectivity index (χ4v) is 1.64. The van der Waals surface area contributed by atoms with Crippen molar-refractivity contribution in [2.75, 3.05) is 6.54 Å². The van der Waals surface area contributed by atoms with E-state index in [9.17, 15) is 0 Å². The molecule has 1 aromatic rings. The van der Waals surface area contributed by atoms with Gasteiger partial charge in [-0.15, -0.1) is 0 Å². The summed E-state index contributed by atoms with van der Waals surface area (Å²) in [5.74, 6) is 2.09. The molecule has 4 nitrogen and oxygen atoms in total. The van der Waals surface area contributed by atoms with Gasteiger partial charge in [-0.1, -0.05) is 25.4 Å². The molecular weight excluding hydrogens is 190 g/mol. The lowest BCUT2D eigenvalue weighted by atomic mass is 10.0. The highest BCUT2D eigenvalue weighted by molar-refractivity contribution is 5.14. The van der Waals surface area contributed by atoms with Crippen LogP contribution in [0.3, 0.4) is 0 Å². The van der Waals surface area contributed by atoms with Crippen LogP contribution in [-0.4, -0.2) is 16.7 Å². The Morgan fingerprint density at radius 3 is 2.80 bits per heavy atom. The third-order valence-electron chi connectivity index (χ3n) is 3.38. The standard InChI is InChI=1S/C11H19N3O/c1-3-8(7-12)6-9-13-10(14-15-9)11(2)4-5-11/h8H,3-7,12H2,1-2H3. The molecule has 0 aromatic carbocycles. The fourth-order valence-electron chi connectivity index (χ4n) is 1.64. The second-order valence-electron chi connectivity index (χ2n) is 4.79. The molecule has 0 radical (unpaired) electrons. The van der Waals surface area contributed by atoms with Crippen molar-refractivity contribution in [3.63, 3.8) is 0 Å². The summed E-state index contributed by atoms with van der Waals surface area (Å²) in [4.78, 5) is 4.45. The minimum absolute atomic E-state index is 0.201. The van der Waals surface area contributed by atoms with Crippen LogP contribution in [0.1, 0.15) is 44.8 Å². The van der Waals surface area contributed by atoms with Gasteiger partial charge in [0.1, 0.15) is 0 Å². The molecule has 1 atom stereocenters. The highest BCUT2D eigenvalue weighted by atomic mass is 16.5. The van der Waals surface area contributed by atoms with Crippen molar-refractivity contribution in [3.8, 4) is 0 Å². The van der Waals surface area contributed by atoms with Crippen LogP contribution in [0, 0.1) is 5.92 Å². The van der Waals surface area contributed by atoms with Gasteiger partial charge in [0.15, 0.2) is 5.82 Å². The summed E-state index contributed by atoms with van der Waals surface area (Å²) in [6.07, 6.45) is 4.24. The molecule has 1 saturated carbocycles. The number of nitrogens with two attached hydrogens (primary N) is 1. The topological polar surface area (TPSA) is 64.9 Å². The van der Waals surface area contributed by atoms with Crippen LogP contribution in [0.15, 0.2) is 4.52 Å². The van der Waals surface area contributed by atoms with Gasteiger partial charge in [0.05, 0.1) is 0 Å². The van der Waals surface area contributed by atoms with Crippen molar-refractivity contribution in [2.24, 2.45) is 11.7 Å². The van der Waals surface area contributed by atoms with Crippen LogP contribution in [0.2, 0.25) is 0 Å². The summed E-state index contributed by atoms with van der Waals surface area (Å²) in [6, 6.07) is 0. The van der Waals surface area contributed by atoms with Crippen LogP contribution < -0.4 is 5.73 Å². The predicted molar refractivity (Wildman–Crippen MR) is 57.4 cm³/mol. The second kappa shape index (κ2) is 3.93. The molecule has 0 amide bonds. The highest BCUT2D eigenvalue weighted by Crippen LogP contribution is 2.45. The number of hydrogen-bond acceptors (Lipinski definition) is 4. The molecule has 1 aromatic heterocycles. The van der Waals surface area contributed by atoms with Gasteiger partial charge in [-0.2, -0.15) is 4.98 Å². The Bertz CT molecular complexity index is 326. The van der Waals surface area contributed by atoms with Gasteiger partial charge < -0.3 is 10.3 Å². The summed E-state index contributed by atoms with van der Waals surface area (Å²) < 4.78 is 5.25. The average molecular weight is 209 g/mol. The van der Waals surface area contributed by atoms with Crippen molar-refractivity contribution in [1.82, 2.24) is 10.1 Å². The molecule has 84 valence electrons. The Balaban J connectivity index is 2.01. The van der Waals surface area contributed by atoms with E-state index in [1.807, 2.05) is 0 Å². The molecule has 1 fully saturated rings. The quantitative estimate of drug-likeness (QED) is 0.800. The third-order valence-corrected chi connectivity index (χ3v) is 3.38. The van der Waals surface area contributed by atoms with Gasteiger partial charge in [-0.3, -0.25) is 0 Å². The maximum atomic E-state index is 5.65. The first-order valence-electron chi connectivity index (χ1n) is 5.71. The van der Waals surface area contributed by atoms with Crippen molar-refractivity contribution in [1.29, 1.82) is 0 Å². The van der Waals surface area contributed by atoms with Gasteiger partial charge in [0.2, 0.25) is 5.89 Å². The van der Waals surface area contributed by atoms with E-state index < -0.39 is 0 Å². The second-order valence-corrected chi connectivity index (χ2v) is 4.79. The SMILES string of the molecule is CCC(CN)Cc1nc(C2(C)CC2)no1. The van der Waals surface area contributed by atoms with Crippen LogP contribution >= 0.6 is 0 Å². The molecule has 2 rings (SSSR count). The number of hydrogen-bond donors (Lipinski definition) is 1. The fraction of sp³-hybridized carbons (Fsp3) is 0.818. The molecule has 0 bridgehead atoms. The first kappa shape index (κ1) is 10.6. The Labute approximate surface area is 90.2 Å². The average Bonchev–Trinajstić information content (AvgIpc) is 2.82. The molecule has 1 heterocycles. The molecule has 1 aliphatic carbocycles. The molecule has 1 unspecified atom stereocenters.